The van der Waals surface area contributed by atoms with Gasteiger partial charge in [0.2, 0.25) is 11.8 Å². The summed E-state index contributed by atoms with van der Waals surface area (Å²) in [5.74, 6) is -1.21. The molecule has 1 aromatic carbocycles. The first-order valence-corrected chi connectivity index (χ1v) is 8.54. The van der Waals surface area contributed by atoms with Crippen molar-refractivity contribution in [2.45, 2.75) is 18.6 Å². The first kappa shape index (κ1) is 18.7. The molecule has 1 unspecified atom stereocenters. The molecule has 1 saturated heterocycles. The molecule has 1 N–H and O–H groups in total. The third kappa shape index (κ3) is 4.69. The van der Waals surface area contributed by atoms with Crippen molar-refractivity contribution < 1.29 is 23.9 Å². The molecular weight excluding hydrogens is 344 g/mol. The Kier molecular flexibility index (Phi) is 6.35. The van der Waals surface area contributed by atoms with Crippen LogP contribution in [0.3, 0.4) is 0 Å². The Balaban J connectivity index is 1.92. The molecule has 0 spiro atoms. The van der Waals surface area contributed by atoms with Gasteiger partial charge >= 0.3 is 5.97 Å². The number of carbonyl (C=O) groups is 4. The fraction of sp³-hybridized carbons (Fsp3) is 0.294. The smallest absolute Gasteiger partial charge is 0.338 e. The first-order chi connectivity index (χ1) is 12.0. The zero-order valence-electron chi connectivity index (χ0n) is 13.7. The maximum atomic E-state index is 12.1. The highest BCUT2D eigenvalue weighted by Gasteiger charge is 2.39. The number of hydrogen-bond donors (Lipinski definition) is 1. The standard InChI is InChI=1S/C17H18N2O5S/c1-3-9-19-15(21)13(25-17(19)23)10-14(20)18-12-7-5-11(6-8-12)16(22)24-4-2/h3,5-8,13H,1,4,9-10H2,2H3,(H,18,20). The molecule has 1 heterocycles. The molecule has 1 fully saturated rings. The molecule has 2 rings (SSSR count). The van der Waals surface area contributed by atoms with Gasteiger partial charge in [-0.05, 0) is 31.2 Å². The summed E-state index contributed by atoms with van der Waals surface area (Å²) in [5, 5.41) is 1.54. The van der Waals surface area contributed by atoms with Crippen LogP contribution in [0.25, 0.3) is 0 Å². The van der Waals surface area contributed by atoms with E-state index in [9.17, 15) is 19.2 Å². The van der Waals surface area contributed by atoms with E-state index in [2.05, 4.69) is 11.9 Å². The SMILES string of the molecule is C=CCN1C(=O)SC(CC(=O)Nc2ccc(C(=O)OCC)cc2)C1=O. The van der Waals surface area contributed by atoms with Gasteiger partial charge in [-0.15, -0.1) is 6.58 Å². The summed E-state index contributed by atoms with van der Waals surface area (Å²) in [6, 6.07) is 6.22. The van der Waals surface area contributed by atoms with Gasteiger partial charge in [0.25, 0.3) is 5.24 Å². The number of esters is 1. The molecule has 1 aliphatic heterocycles. The lowest BCUT2D eigenvalue weighted by atomic mass is 10.2. The van der Waals surface area contributed by atoms with Crippen LogP contribution in [-0.4, -0.2) is 46.3 Å². The number of rotatable bonds is 7. The van der Waals surface area contributed by atoms with Crippen molar-refractivity contribution in [1.29, 1.82) is 0 Å². The van der Waals surface area contributed by atoms with Gasteiger partial charge in [-0.3, -0.25) is 19.3 Å². The van der Waals surface area contributed by atoms with Crippen LogP contribution in [0.1, 0.15) is 23.7 Å². The van der Waals surface area contributed by atoms with Crippen LogP contribution >= 0.6 is 11.8 Å². The Morgan fingerprint density at radius 3 is 2.60 bits per heavy atom. The average Bonchev–Trinajstić information content (AvgIpc) is 2.83. The molecule has 0 aromatic heterocycles. The fourth-order valence-electron chi connectivity index (χ4n) is 2.21. The predicted octanol–water partition coefficient (Wildman–Crippen LogP) is 2.44. The van der Waals surface area contributed by atoms with Crippen LogP contribution < -0.4 is 5.32 Å². The minimum Gasteiger partial charge on any atom is -0.462 e. The van der Waals surface area contributed by atoms with Gasteiger partial charge in [-0.1, -0.05) is 17.8 Å². The van der Waals surface area contributed by atoms with Crippen molar-refractivity contribution in [3.8, 4) is 0 Å². The van der Waals surface area contributed by atoms with Crippen LogP contribution in [0.4, 0.5) is 10.5 Å². The number of thioether (sulfide) groups is 1. The van der Waals surface area contributed by atoms with Gasteiger partial charge in [0.05, 0.1) is 12.2 Å². The van der Waals surface area contributed by atoms with E-state index >= 15 is 0 Å². The number of hydrogen-bond acceptors (Lipinski definition) is 6. The third-order valence-corrected chi connectivity index (χ3v) is 4.44. The number of ether oxygens (including phenoxy) is 1. The van der Waals surface area contributed by atoms with Crippen LogP contribution in [0.2, 0.25) is 0 Å². The fourth-order valence-corrected chi connectivity index (χ4v) is 3.20. The monoisotopic (exact) mass is 362 g/mol. The van der Waals surface area contributed by atoms with Gasteiger partial charge in [-0.25, -0.2) is 4.79 Å². The first-order valence-electron chi connectivity index (χ1n) is 7.66. The Bertz CT molecular complexity index is 701. The van der Waals surface area contributed by atoms with Crippen molar-refractivity contribution in [3.05, 3.63) is 42.5 Å². The Hall–Kier alpha value is -2.61. The van der Waals surface area contributed by atoms with Gasteiger partial charge in [0.1, 0.15) is 5.25 Å². The van der Waals surface area contributed by atoms with Crippen LogP contribution in [-0.2, 0) is 14.3 Å². The molecular formula is C17H18N2O5S. The second-order valence-corrected chi connectivity index (χ2v) is 6.31. The van der Waals surface area contributed by atoms with Gasteiger partial charge in [0, 0.05) is 18.7 Å². The van der Waals surface area contributed by atoms with E-state index < -0.39 is 11.2 Å². The Morgan fingerprint density at radius 1 is 1.32 bits per heavy atom. The Morgan fingerprint density at radius 2 is 2.00 bits per heavy atom. The van der Waals surface area contributed by atoms with E-state index in [1.54, 1.807) is 31.2 Å². The normalized spacial score (nSPS) is 16.7. The Labute approximate surface area is 149 Å². The van der Waals surface area contributed by atoms with Gasteiger partial charge in [-0.2, -0.15) is 0 Å². The summed E-state index contributed by atoms with van der Waals surface area (Å²) >= 11 is 0.840. The molecule has 8 heteroatoms. The second kappa shape index (κ2) is 8.48. The van der Waals surface area contributed by atoms with E-state index in [-0.39, 0.29) is 36.6 Å². The highest BCUT2D eigenvalue weighted by molar-refractivity contribution is 8.15. The van der Waals surface area contributed by atoms with Crippen LogP contribution in [0.15, 0.2) is 36.9 Å². The van der Waals surface area contributed by atoms with Crippen molar-refractivity contribution in [1.82, 2.24) is 4.90 Å². The second-order valence-electron chi connectivity index (χ2n) is 5.16. The maximum Gasteiger partial charge on any atom is 0.338 e. The number of anilines is 1. The average molecular weight is 362 g/mol. The summed E-state index contributed by atoms with van der Waals surface area (Å²) in [6.45, 7) is 5.64. The van der Waals surface area contributed by atoms with Crippen molar-refractivity contribution in [3.63, 3.8) is 0 Å². The van der Waals surface area contributed by atoms with Crippen LogP contribution in [0.5, 0.6) is 0 Å². The number of imide groups is 1. The van der Waals surface area contributed by atoms with Crippen molar-refractivity contribution in [2.75, 3.05) is 18.5 Å². The molecule has 0 aliphatic carbocycles. The van der Waals surface area contributed by atoms with E-state index in [1.165, 1.54) is 6.08 Å². The summed E-state index contributed by atoms with van der Waals surface area (Å²) < 4.78 is 4.88. The van der Waals surface area contributed by atoms with E-state index in [1.807, 2.05) is 0 Å². The minimum absolute atomic E-state index is 0.109. The van der Waals surface area contributed by atoms with Crippen molar-refractivity contribution in [2.24, 2.45) is 0 Å². The number of nitrogens with one attached hydrogen (secondary N) is 1. The summed E-state index contributed by atoms with van der Waals surface area (Å²) in [5.41, 5.74) is 0.870. The molecule has 3 amide bonds. The highest BCUT2D eigenvalue weighted by Crippen LogP contribution is 2.29. The quantitative estimate of drug-likeness (QED) is 0.592. The minimum atomic E-state index is -0.730. The third-order valence-electron chi connectivity index (χ3n) is 3.37. The summed E-state index contributed by atoms with van der Waals surface area (Å²) in [7, 11) is 0. The van der Waals surface area contributed by atoms with Gasteiger partial charge in [0.15, 0.2) is 0 Å². The largest absolute Gasteiger partial charge is 0.462 e. The molecule has 25 heavy (non-hydrogen) atoms. The number of benzene rings is 1. The number of amides is 3. The van der Waals surface area contributed by atoms with E-state index in [4.69, 9.17) is 4.74 Å². The zero-order valence-corrected chi connectivity index (χ0v) is 14.5. The molecule has 7 nitrogen and oxygen atoms in total. The topological polar surface area (TPSA) is 92.8 Å². The molecule has 0 radical (unpaired) electrons. The highest BCUT2D eigenvalue weighted by atomic mass is 32.2. The summed E-state index contributed by atoms with van der Waals surface area (Å²) in [4.78, 5) is 48.5. The molecule has 0 saturated carbocycles. The molecule has 1 aromatic rings. The van der Waals surface area contributed by atoms with E-state index in [0.29, 0.717) is 11.3 Å². The molecule has 1 aliphatic rings. The zero-order chi connectivity index (χ0) is 18.4. The lowest BCUT2D eigenvalue weighted by molar-refractivity contribution is -0.128. The summed E-state index contributed by atoms with van der Waals surface area (Å²) in [6.07, 6.45) is 1.35. The molecule has 1 atom stereocenters. The predicted molar refractivity (Wildman–Crippen MR) is 94.3 cm³/mol. The maximum absolute atomic E-state index is 12.1. The molecule has 0 bridgehead atoms. The lowest BCUT2D eigenvalue weighted by Crippen LogP contribution is -2.33. The van der Waals surface area contributed by atoms with Gasteiger partial charge < -0.3 is 10.1 Å². The lowest BCUT2D eigenvalue weighted by Gasteiger charge is -2.11. The van der Waals surface area contributed by atoms with Crippen LogP contribution in [0, 0.1) is 0 Å². The van der Waals surface area contributed by atoms with Crippen molar-refractivity contribution >= 4 is 40.5 Å². The molecule has 132 valence electrons. The number of nitrogens with zero attached hydrogens (tertiary/aromatic N) is 1. The number of carbonyl (C=O) groups excluding carboxylic acids is 4. The van der Waals surface area contributed by atoms with E-state index in [0.717, 1.165) is 16.7 Å².